The molecule has 2 aliphatic rings. The van der Waals surface area contributed by atoms with E-state index in [1.165, 1.54) is 0 Å². The maximum atomic E-state index is 6.31. The number of hydrogen-bond acceptors (Lipinski definition) is 5. The molecule has 0 saturated carbocycles. The van der Waals surface area contributed by atoms with Gasteiger partial charge in [-0.05, 0) is 52.4 Å². The summed E-state index contributed by atoms with van der Waals surface area (Å²) < 4.78 is 5.57. The standard InChI is InChI=1S/C20H33ClN6O/c1-4-22-19(24-15-20(26(2)3)8-12-28-13-9-20)25-16-7-11-27(14-16)18-17(21)6-5-10-23-18/h5-6,10,16H,4,7-9,11-15H2,1-3H3,(H2,22,24,25). The zero-order valence-corrected chi connectivity index (χ0v) is 18.0. The molecule has 1 atom stereocenters. The SMILES string of the molecule is CCNC(=NCC1(N(C)C)CCOCC1)NC1CCN(c2ncccc2Cl)C1. The monoisotopic (exact) mass is 408 g/mol. The lowest BCUT2D eigenvalue weighted by atomic mass is 9.89. The Hall–Kier alpha value is -1.57. The van der Waals surface area contributed by atoms with Crippen molar-refractivity contribution >= 4 is 23.4 Å². The van der Waals surface area contributed by atoms with E-state index in [1.54, 1.807) is 6.20 Å². The van der Waals surface area contributed by atoms with E-state index in [4.69, 9.17) is 21.3 Å². The summed E-state index contributed by atoms with van der Waals surface area (Å²) in [5.74, 6) is 1.75. The van der Waals surface area contributed by atoms with E-state index in [-0.39, 0.29) is 5.54 Å². The van der Waals surface area contributed by atoms with Gasteiger partial charge in [-0.15, -0.1) is 0 Å². The van der Waals surface area contributed by atoms with Gasteiger partial charge < -0.3 is 25.2 Å². The molecule has 1 aromatic heterocycles. The lowest BCUT2D eigenvalue weighted by Crippen LogP contribution is -2.52. The van der Waals surface area contributed by atoms with E-state index in [1.807, 2.05) is 12.1 Å². The minimum atomic E-state index is 0.0732. The van der Waals surface area contributed by atoms with Crippen LogP contribution in [0.3, 0.4) is 0 Å². The first-order valence-electron chi connectivity index (χ1n) is 10.2. The Kier molecular flexibility index (Phi) is 7.37. The fourth-order valence-electron chi connectivity index (χ4n) is 3.92. The molecule has 0 aliphatic carbocycles. The molecule has 2 fully saturated rings. The maximum absolute atomic E-state index is 6.31. The molecular formula is C20H33ClN6O. The number of rotatable bonds is 6. The minimum absolute atomic E-state index is 0.0732. The molecule has 0 bridgehead atoms. The molecule has 8 heteroatoms. The Bertz CT molecular complexity index is 662. The number of halogens is 1. The van der Waals surface area contributed by atoms with Crippen LogP contribution in [0.15, 0.2) is 23.3 Å². The van der Waals surface area contributed by atoms with E-state index in [0.717, 1.165) is 70.4 Å². The Morgan fingerprint density at radius 3 is 2.89 bits per heavy atom. The van der Waals surface area contributed by atoms with Crippen LogP contribution in [0.5, 0.6) is 0 Å². The third kappa shape index (κ3) is 5.07. The fourth-order valence-corrected chi connectivity index (χ4v) is 4.16. The summed E-state index contributed by atoms with van der Waals surface area (Å²) in [5.41, 5.74) is 0.0732. The molecule has 0 spiro atoms. The van der Waals surface area contributed by atoms with Crippen LogP contribution >= 0.6 is 11.6 Å². The van der Waals surface area contributed by atoms with Gasteiger partial charge in [0.1, 0.15) is 5.82 Å². The van der Waals surface area contributed by atoms with Gasteiger partial charge in [-0.1, -0.05) is 11.6 Å². The maximum Gasteiger partial charge on any atom is 0.191 e. The number of aliphatic imine (C=N–C) groups is 1. The topological polar surface area (TPSA) is 65.0 Å². The first kappa shape index (κ1) is 21.1. The number of guanidine groups is 1. The predicted octanol–water partition coefficient (Wildman–Crippen LogP) is 1.98. The van der Waals surface area contributed by atoms with Gasteiger partial charge in [0.2, 0.25) is 0 Å². The summed E-state index contributed by atoms with van der Waals surface area (Å²) in [6.07, 6.45) is 4.85. The first-order chi connectivity index (χ1) is 13.5. The van der Waals surface area contributed by atoms with Crippen LogP contribution < -0.4 is 15.5 Å². The quantitative estimate of drug-likeness (QED) is 0.554. The molecule has 2 saturated heterocycles. The second kappa shape index (κ2) is 9.76. The second-order valence-electron chi connectivity index (χ2n) is 7.81. The summed E-state index contributed by atoms with van der Waals surface area (Å²) in [7, 11) is 4.29. The molecule has 0 radical (unpaired) electrons. The first-order valence-corrected chi connectivity index (χ1v) is 10.6. The van der Waals surface area contributed by atoms with Crippen molar-refractivity contribution in [2.24, 2.45) is 4.99 Å². The lowest BCUT2D eigenvalue weighted by molar-refractivity contribution is -0.00255. The van der Waals surface area contributed by atoms with Crippen molar-refractivity contribution in [1.29, 1.82) is 0 Å². The van der Waals surface area contributed by atoms with E-state index in [2.05, 4.69) is 46.4 Å². The van der Waals surface area contributed by atoms with Gasteiger partial charge in [-0.3, -0.25) is 4.99 Å². The van der Waals surface area contributed by atoms with Crippen molar-refractivity contribution in [2.75, 3.05) is 58.4 Å². The van der Waals surface area contributed by atoms with Gasteiger partial charge in [0, 0.05) is 50.6 Å². The third-order valence-corrected chi connectivity index (χ3v) is 6.11. The van der Waals surface area contributed by atoms with Crippen LogP contribution in [0.25, 0.3) is 0 Å². The lowest BCUT2D eigenvalue weighted by Gasteiger charge is -2.41. The largest absolute Gasteiger partial charge is 0.381 e. The minimum Gasteiger partial charge on any atom is -0.381 e. The van der Waals surface area contributed by atoms with E-state index < -0.39 is 0 Å². The molecule has 0 aromatic carbocycles. The van der Waals surface area contributed by atoms with Crippen LogP contribution in [0.1, 0.15) is 26.2 Å². The molecule has 2 aliphatic heterocycles. The number of aromatic nitrogens is 1. The summed E-state index contributed by atoms with van der Waals surface area (Å²) in [4.78, 5) is 13.9. The Balaban J connectivity index is 1.63. The van der Waals surface area contributed by atoms with Crippen molar-refractivity contribution in [1.82, 2.24) is 20.5 Å². The number of ether oxygens (including phenoxy) is 1. The molecule has 7 nitrogen and oxygen atoms in total. The van der Waals surface area contributed by atoms with Crippen molar-refractivity contribution in [2.45, 2.75) is 37.8 Å². The van der Waals surface area contributed by atoms with Gasteiger partial charge >= 0.3 is 0 Å². The highest BCUT2D eigenvalue weighted by Gasteiger charge is 2.35. The number of likely N-dealkylation sites (N-methyl/N-ethyl adjacent to an activating group) is 1. The van der Waals surface area contributed by atoms with E-state index in [9.17, 15) is 0 Å². The Morgan fingerprint density at radius 1 is 1.43 bits per heavy atom. The van der Waals surface area contributed by atoms with E-state index in [0.29, 0.717) is 11.1 Å². The van der Waals surface area contributed by atoms with Gasteiger partial charge in [0.15, 0.2) is 5.96 Å². The highest BCUT2D eigenvalue weighted by Crippen LogP contribution is 2.27. The van der Waals surface area contributed by atoms with Crippen LogP contribution in [0, 0.1) is 0 Å². The number of pyridine rings is 1. The molecule has 3 heterocycles. The fraction of sp³-hybridized carbons (Fsp3) is 0.700. The highest BCUT2D eigenvalue weighted by atomic mass is 35.5. The molecule has 1 aromatic rings. The van der Waals surface area contributed by atoms with Crippen LogP contribution in [0.4, 0.5) is 5.82 Å². The molecule has 28 heavy (non-hydrogen) atoms. The van der Waals surface area contributed by atoms with Crippen LogP contribution in [-0.2, 0) is 4.74 Å². The molecular weight excluding hydrogens is 376 g/mol. The van der Waals surface area contributed by atoms with Crippen molar-refractivity contribution in [3.05, 3.63) is 23.4 Å². The van der Waals surface area contributed by atoms with E-state index >= 15 is 0 Å². The van der Waals surface area contributed by atoms with Crippen LogP contribution in [0.2, 0.25) is 5.02 Å². The summed E-state index contributed by atoms with van der Waals surface area (Å²) in [6.45, 7) is 7.12. The van der Waals surface area contributed by atoms with Crippen molar-refractivity contribution in [3.63, 3.8) is 0 Å². The highest BCUT2D eigenvalue weighted by molar-refractivity contribution is 6.32. The van der Waals surface area contributed by atoms with Crippen molar-refractivity contribution in [3.8, 4) is 0 Å². The number of hydrogen-bond donors (Lipinski definition) is 2. The Morgan fingerprint density at radius 2 is 2.21 bits per heavy atom. The average Bonchev–Trinajstić information content (AvgIpc) is 3.15. The molecule has 2 N–H and O–H groups in total. The summed E-state index contributed by atoms with van der Waals surface area (Å²) in [5, 5.41) is 7.71. The number of nitrogens with zero attached hydrogens (tertiary/aromatic N) is 4. The third-order valence-electron chi connectivity index (χ3n) is 5.82. The summed E-state index contributed by atoms with van der Waals surface area (Å²) in [6, 6.07) is 4.08. The van der Waals surface area contributed by atoms with Gasteiger partial charge in [0.25, 0.3) is 0 Å². The predicted molar refractivity (Wildman–Crippen MR) is 115 cm³/mol. The summed E-state index contributed by atoms with van der Waals surface area (Å²) >= 11 is 6.31. The van der Waals surface area contributed by atoms with Crippen molar-refractivity contribution < 1.29 is 4.74 Å². The average molecular weight is 409 g/mol. The smallest absolute Gasteiger partial charge is 0.191 e. The molecule has 1 unspecified atom stereocenters. The van der Waals surface area contributed by atoms with Gasteiger partial charge in [-0.2, -0.15) is 0 Å². The zero-order chi connectivity index (χ0) is 20.0. The van der Waals surface area contributed by atoms with Gasteiger partial charge in [0.05, 0.1) is 11.6 Å². The number of nitrogens with one attached hydrogen (secondary N) is 2. The normalized spacial score (nSPS) is 22.5. The molecule has 156 valence electrons. The Labute approximate surface area is 173 Å². The van der Waals surface area contributed by atoms with Crippen LogP contribution in [-0.4, -0.2) is 80.9 Å². The second-order valence-corrected chi connectivity index (χ2v) is 8.22. The zero-order valence-electron chi connectivity index (χ0n) is 17.2. The number of anilines is 1. The molecule has 0 amide bonds. The van der Waals surface area contributed by atoms with Gasteiger partial charge in [-0.25, -0.2) is 4.98 Å². The molecule has 3 rings (SSSR count).